The number of aliphatic hydroxyl groups excluding tert-OH is 1. The van der Waals surface area contributed by atoms with E-state index in [0.717, 1.165) is 5.69 Å². The van der Waals surface area contributed by atoms with Crippen LogP contribution in [0.2, 0.25) is 0 Å². The molecule has 2 aromatic rings. The molecule has 164 valence electrons. The normalized spacial score (nSPS) is 20.2. The predicted molar refractivity (Wildman–Crippen MR) is 114 cm³/mol. The minimum Gasteiger partial charge on any atom is -0.507 e. The number of benzene rings is 1. The number of Topliss-reactive ketones (excluding diaryl/α,β-unsaturated/α-hetero) is 1. The van der Waals surface area contributed by atoms with Crippen molar-refractivity contribution in [2.75, 3.05) is 45.4 Å². The van der Waals surface area contributed by atoms with Gasteiger partial charge in [0.15, 0.2) is 0 Å². The number of aryl methyl sites for hydroxylation is 1. The fraction of sp³-hybridized carbons (Fsp3) is 0.391. The first-order valence-electron chi connectivity index (χ1n) is 10.2. The van der Waals surface area contributed by atoms with Crippen molar-refractivity contribution in [3.05, 3.63) is 53.0 Å². The summed E-state index contributed by atoms with van der Waals surface area (Å²) in [6, 6.07) is 7.94. The number of anilines is 1. The van der Waals surface area contributed by atoms with Gasteiger partial charge in [-0.15, -0.1) is 0 Å². The second-order valence-corrected chi connectivity index (χ2v) is 7.74. The molecule has 31 heavy (non-hydrogen) atoms. The number of fused-ring (bicyclic) bond motifs is 1. The van der Waals surface area contributed by atoms with Gasteiger partial charge in [0.2, 0.25) is 0 Å². The number of ether oxygens (including phenoxy) is 2. The third kappa shape index (κ3) is 3.79. The van der Waals surface area contributed by atoms with E-state index in [1.807, 2.05) is 11.9 Å². The van der Waals surface area contributed by atoms with E-state index >= 15 is 0 Å². The number of amides is 1. The molecule has 4 rings (SSSR count). The maximum Gasteiger partial charge on any atom is 0.295 e. The van der Waals surface area contributed by atoms with Crippen LogP contribution in [0.3, 0.4) is 0 Å². The van der Waals surface area contributed by atoms with E-state index in [4.69, 9.17) is 13.9 Å². The second-order valence-electron chi connectivity index (χ2n) is 7.74. The summed E-state index contributed by atoms with van der Waals surface area (Å²) in [5.41, 5.74) is 1.28. The molecule has 0 saturated carbocycles. The summed E-state index contributed by atoms with van der Waals surface area (Å²) in [6.07, 6.45) is 0.556. The van der Waals surface area contributed by atoms with E-state index in [-0.39, 0.29) is 11.3 Å². The van der Waals surface area contributed by atoms with Gasteiger partial charge in [-0.3, -0.25) is 9.59 Å². The van der Waals surface area contributed by atoms with Crippen LogP contribution >= 0.6 is 0 Å². The highest BCUT2D eigenvalue weighted by Gasteiger charge is 2.47. The van der Waals surface area contributed by atoms with Gasteiger partial charge >= 0.3 is 0 Å². The highest BCUT2D eigenvalue weighted by Crippen LogP contribution is 2.41. The summed E-state index contributed by atoms with van der Waals surface area (Å²) in [6.45, 7) is 3.84. The summed E-state index contributed by atoms with van der Waals surface area (Å²) >= 11 is 0. The lowest BCUT2D eigenvalue weighted by Gasteiger charge is -2.28. The Morgan fingerprint density at radius 1 is 1.26 bits per heavy atom. The number of ketones is 1. The summed E-state index contributed by atoms with van der Waals surface area (Å²) in [7, 11) is 3.52. The molecule has 1 amide bonds. The molecule has 2 aliphatic heterocycles. The molecule has 0 aliphatic carbocycles. The molecule has 1 aromatic heterocycles. The van der Waals surface area contributed by atoms with Gasteiger partial charge in [-0.05, 0) is 43.7 Å². The molecule has 0 bridgehead atoms. The van der Waals surface area contributed by atoms with Crippen molar-refractivity contribution in [1.82, 2.24) is 4.90 Å². The number of carbonyl (C=O) groups is 2. The quantitative estimate of drug-likeness (QED) is 0.329. The molecule has 3 heterocycles. The molecule has 0 spiro atoms. The van der Waals surface area contributed by atoms with Crippen LogP contribution in [-0.4, -0.2) is 62.2 Å². The van der Waals surface area contributed by atoms with Crippen LogP contribution in [0.1, 0.15) is 29.5 Å². The highest BCUT2D eigenvalue weighted by molar-refractivity contribution is 6.46. The van der Waals surface area contributed by atoms with E-state index in [1.165, 1.54) is 4.90 Å². The van der Waals surface area contributed by atoms with Crippen molar-refractivity contribution >= 4 is 23.1 Å². The van der Waals surface area contributed by atoms with Crippen molar-refractivity contribution in [2.24, 2.45) is 0 Å². The zero-order valence-electron chi connectivity index (χ0n) is 17.9. The lowest BCUT2D eigenvalue weighted by atomic mass is 9.98. The molecule has 1 atom stereocenters. The van der Waals surface area contributed by atoms with Crippen LogP contribution in [0.15, 0.2) is 40.3 Å². The SMILES string of the molecule is COCCCN1C(=O)C(=O)/C(=C(\O)c2ccc3c(c2)N(C)CCO3)C1c1ccc(C)o1. The minimum absolute atomic E-state index is 0.0242. The van der Waals surface area contributed by atoms with Crippen molar-refractivity contribution in [1.29, 1.82) is 0 Å². The molecule has 2 aliphatic rings. The Labute approximate surface area is 180 Å². The Hall–Kier alpha value is -3.26. The van der Waals surface area contributed by atoms with Gasteiger partial charge in [-0.2, -0.15) is 0 Å². The first-order chi connectivity index (χ1) is 14.9. The Balaban J connectivity index is 1.80. The maximum absolute atomic E-state index is 13.0. The average Bonchev–Trinajstić information content (AvgIpc) is 3.29. The number of carbonyl (C=O) groups excluding carboxylic acids is 2. The van der Waals surface area contributed by atoms with Gasteiger partial charge in [0.25, 0.3) is 11.7 Å². The van der Waals surface area contributed by atoms with E-state index in [1.54, 1.807) is 44.4 Å². The van der Waals surface area contributed by atoms with Crippen LogP contribution in [0.5, 0.6) is 5.75 Å². The van der Waals surface area contributed by atoms with Crippen molar-refractivity contribution in [3.63, 3.8) is 0 Å². The summed E-state index contributed by atoms with van der Waals surface area (Å²) < 4.78 is 16.5. The van der Waals surface area contributed by atoms with E-state index < -0.39 is 17.7 Å². The van der Waals surface area contributed by atoms with Crippen molar-refractivity contribution in [2.45, 2.75) is 19.4 Å². The standard InChI is InChI=1S/C23H26N2O6/c1-14-5-7-18(31-14)20-19(22(27)23(28)25(20)9-4-11-29-3)21(26)15-6-8-17-16(13-15)24(2)10-12-30-17/h5-8,13,20,26H,4,9-12H2,1-3H3/b21-19-. The molecule has 8 nitrogen and oxygen atoms in total. The Morgan fingerprint density at radius 3 is 2.77 bits per heavy atom. The van der Waals surface area contributed by atoms with E-state index in [9.17, 15) is 14.7 Å². The van der Waals surface area contributed by atoms with Gasteiger partial charge in [-0.1, -0.05) is 0 Å². The number of hydrogen-bond donors (Lipinski definition) is 1. The third-order valence-electron chi connectivity index (χ3n) is 5.65. The van der Waals surface area contributed by atoms with Gasteiger partial charge in [0.1, 0.15) is 35.7 Å². The van der Waals surface area contributed by atoms with Gasteiger partial charge in [0, 0.05) is 32.9 Å². The first kappa shape index (κ1) is 21.0. The largest absolute Gasteiger partial charge is 0.507 e. The minimum atomic E-state index is -0.796. The molecule has 0 radical (unpaired) electrons. The monoisotopic (exact) mass is 426 g/mol. The zero-order valence-corrected chi connectivity index (χ0v) is 17.9. The molecule has 1 fully saturated rings. The molecule has 1 unspecified atom stereocenters. The number of methoxy groups -OCH3 is 1. The van der Waals surface area contributed by atoms with Crippen LogP contribution in [0, 0.1) is 6.92 Å². The first-order valence-corrected chi connectivity index (χ1v) is 10.2. The molecule has 1 N–H and O–H groups in total. The number of nitrogens with zero attached hydrogens (tertiary/aromatic N) is 2. The van der Waals surface area contributed by atoms with Gasteiger partial charge in [-0.25, -0.2) is 0 Å². The van der Waals surface area contributed by atoms with Crippen LogP contribution in [0.25, 0.3) is 5.76 Å². The Kier molecular flexibility index (Phi) is 5.73. The lowest BCUT2D eigenvalue weighted by Crippen LogP contribution is -2.31. The topological polar surface area (TPSA) is 92.5 Å². The number of hydrogen-bond acceptors (Lipinski definition) is 7. The lowest BCUT2D eigenvalue weighted by molar-refractivity contribution is -0.140. The zero-order chi connectivity index (χ0) is 22.1. The average molecular weight is 426 g/mol. The van der Waals surface area contributed by atoms with Crippen LogP contribution < -0.4 is 9.64 Å². The third-order valence-corrected chi connectivity index (χ3v) is 5.65. The second kappa shape index (κ2) is 8.47. The molecular weight excluding hydrogens is 400 g/mol. The fourth-order valence-corrected chi connectivity index (χ4v) is 4.04. The predicted octanol–water partition coefficient (Wildman–Crippen LogP) is 2.87. The molecule has 1 aromatic carbocycles. The number of rotatable bonds is 6. The Bertz CT molecular complexity index is 1040. The van der Waals surface area contributed by atoms with Crippen molar-refractivity contribution < 1.29 is 28.6 Å². The smallest absolute Gasteiger partial charge is 0.295 e. The molecule has 1 saturated heterocycles. The number of aliphatic hydroxyl groups is 1. The fourth-order valence-electron chi connectivity index (χ4n) is 4.04. The number of furan rings is 1. The van der Waals surface area contributed by atoms with E-state index in [0.29, 0.717) is 55.6 Å². The molecular formula is C23H26N2O6. The summed E-state index contributed by atoms with van der Waals surface area (Å²) in [5.74, 6) is 0.197. The number of likely N-dealkylation sites (tertiary alicyclic amines) is 1. The Morgan fingerprint density at radius 2 is 2.06 bits per heavy atom. The number of likely N-dealkylation sites (N-methyl/N-ethyl adjacent to an activating group) is 1. The maximum atomic E-state index is 13.0. The van der Waals surface area contributed by atoms with Crippen molar-refractivity contribution in [3.8, 4) is 5.75 Å². The van der Waals surface area contributed by atoms with Crippen LogP contribution in [-0.2, 0) is 14.3 Å². The highest BCUT2D eigenvalue weighted by atomic mass is 16.5. The van der Waals surface area contributed by atoms with Crippen LogP contribution in [0.4, 0.5) is 5.69 Å². The summed E-state index contributed by atoms with van der Waals surface area (Å²) in [5, 5.41) is 11.2. The molecule has 8 heteroatoms. The summed E-state index contributed by atoms with van der Waals surface area (Å²) in [4.78, 5) is 29.3. The van der Waals surface area contributed by atoms with Gasteiger partial charge in [0.05, 0.1) is 17.8 Å². The van der Waals surface area contributed by atoms with E-state index in [2.05, 4.69) is 0 Å². The van der Waals surface area contributed by atoms with Gasteiger partial charge < -0.3 is 28.8 Å².